The number of amides is 3. The number of hydrogen-bond donors (Lipinski definition) is 1. The summed E-state index contributed by atoms with van der Waals surface area (Å²) < 4.78 is 40.6. The highest BCUT2D eigenvalue weighted by Gasteiger charge is 2.39. The zero-order chi connectivity index (χ0) is 30.1. The molecule has 2 aliphatic heterocycles. The highest BCUT2D eigenvalue weighted by molar-refractivity contribution is 6.35. The molecule has 4 rings (SSSR count). The van der Waals surface area contributed by atoms with E-state index in [1.54, 1.807) is 39.9 Å². The maximum Gasteiger partial charge on any atom is 0.416 e. The zero-order valence-electron chi connectivity index (χ0n) is 23.4. The molecule has 2 aromatic rings. The van der Waals surface area contributed by atoms with E-state index in [-0.39, 0.29) is 24.3 Å². The van der Waals surface area contributed by atoms with Gasteiger partial charge in [-0.2, -0.15) is 13.2 Å². The van der Waals surface area contributed by atoms with Crippen LogP contribution in [0.1, 0.15) is 43.0 Å². The Morgan fingerprint density at radius 2 is 1.68 bits per heavy atom. The number of anilines is 1. The van der Waals surface area contributed by atoms with E-state index in [4.69, 9.17) is 28.9 Å². The molecule has 2 fully saturated rings. The van der Waals surface area contributed by atoms with Gasteiger partial charge in [-0.05, 0) is 53.8 Å². The number of hydrogen-bond acceptors (Lipinski definition) is 4. The lowest BCUT2D eigenvalue weighted by atomic mass is 9.94. The second-order valence-electron chi connectivity index (χ2n) is 11.2. The monoisotopic (exact) mass is 613 g/mol. The fraction of sp³-hybridized carbons (Fsp3) is 0.517. The summed E-state index contributed by atoms with van der Waals surface area (Å²) in [6, 6.07) is 7.27. The quantitative estimate of drug-likeness (QED) is 0.415. The normalized spacial score (nSPS) is 18.0. The summed E-state index contributed by atoms with van der Waals surface area (Å²) in [6.45, 7) is 6.42. The first kappa shape index (κ1) is 31.3. The summed E-state index contributed by atoms with van der Waals surface area (Å²) in [5, 5.41) is 0.901. The van der Waals surface area contributed by atoms with Gasteiger partial charge in [0.15, 0.2) is 0 Å². The molecule has 0 aromatic heterocycles. The second-order valence-corrected chi connectivity index (χ2v) is 12.0. The molecule has 0 radical (unpaired) electrons. The van der Waals surface area contributed by atoms with Crippen molar-refractivity contribution in [1.29, 1.82) is 0 Å². The van der Waals surface area contributed by atoms with E-state index in [1.165, 1.54) is 6.07 Å². The van der Waals surface area contributed by atoms with E-state index in [0.717, 1.165) is 12.1 Å². The molecule has 224 valence electrons. The van der Waals surface area contributed by atoms with Crippen LogP contribution >= 0.6 is 23.2 Å². The topological polar surface area (TPSA) is 73.1 Å². The molecule has 2 aliphatic rings. The summed E-state index contributed by atoms with van der Waals surface area (Å²) in [5.41, 5.74) is 7.49. The summed E-state index contributed by atoms with van der Waals surface area (Å²) in [4.78, 5) is 33.7. The van der Waals surface area contributed by atoms with Gasteiger partial charge in [0.2, 0.25) is 5.91 Å². The highest BCUT2D eigenvalue weighted by Crippen LogP contribution is 2.37. The third-order valence-electron chi connectivity index (χ3n) is 7.75. The number of nitrogens with zero attached hydrogens (tertiary/aromatic N) is 4. The second kappa shape index (κ2) is 12.7. The van der Waals surface area contributed by atoms with E-state index in [9.17, 15) is 22.8 Å². The smallest absolute Gasteiger partial charge is 0.368 e. The van der Waals surface area contributed by atoms with Crippen LogP contribution in [0.4, 0.5) is 23.7 Å². The molecule has 41 heavy (non-hydrogen) atoms. The van der Waals surface area contributed by atoms with E-state index in [1.807, 2.05) is 18.7 Å². The fourth-order valence-corrected chi connectivity index (χ4v) is 6.00. The van der Waals surface area contributed by atoms with Gasteiger partial charge in [0.05, 0.1) is 5.56 Å². The average Bonchev–Trinajstić information content (AvgIpc) is 3.24. The Labute approximate surface area is 248 Å². The molecule has 2 saturated heterocycles. The van der Waals surface area contributed by atoms with Crippen molar-refractivity contribution >= 4 is 40.8 Å². The van der Waals surface area contributed by atoms with Crippen LogP contribution in [0.3, 0.4) is 0 Å². The first-order chi connectivity index (χ1) is 19.3. The lowest BCUT2D eigenvalue weighted by Crippen LogP contribution is -2.56. The SMILES string of the molecule is CC(C)CC(N)c1cc(C(F)(F)F)ccc1N1CCN(C(=O)C(Cc2ccc(Cl)cc2Cl)N2CCN(C)C2=O)CC1. The van der Waals surface area contributed by atoms with E-state index in [2.05, 4.69) is 0 Å². The van der Waals surface area contributed by atoms with Crippen molar-refractivity contribution in [2.24, 2.45) is 11.7 Å². The zero-order valence-corrected chi connectivity index (χ0v) is 24.9. The molecule has 2 heterocycles. The van der Waals surface area contributed by atoms with Gasteiger partial charge in [-0.1, -0.05) is 43.1 Å². The van der Waals surface area contributed by atoms with Gasteiger partial charge in [0.25, 0.3) is 0 Å². The van der Waals surface area contributed by atoms with Crippen LogP contribution in [0, 0.1) is 5.92 Å². The minimum Gasteiger partial charge on any atom is -0.368 e. The number of urea groups is 1. The average molecular weight is 615 g/mol. The van der Waals surface area contributed by atoms with Crippen molar-refractivity contribution in [3.63, 3.8) is 0 Å². The number of carbonyl (C=O) groups excluding carboxylic acids is 2. The van der Waals surface area contributed by atoms with Crippen molar-refractivity contribution in [2.45, 2.75) is 44.9 Å². The number of likely N-dealkylation sites (N-methyl/N-ethyl adjacent to an activating group) is 1. The number of carbonyl (C=O) groups is 2. The third kappa shape index (κ3) is 7.21. The standard InChI is InChI=1S/C29H36Cl2F3N5O2/c1-18(2)14-24(35)22-16-20(29(32,33)34)5-7-25(22)37-9-11-38(12-10-37)27(40)26(39-13-8-36(3)28(39)41)15-19-4-6-21(30)17-23(19)31/h4-7,16-18,24,26H,8-15,35H2,1-3H3. The number of benzene rings is 2. The van der Waals surface area contributed by atoms with Crippen molar-refractivity contribution in [2.75, 3.05) is 51.2 Å². The Morgan fingerprint density at radius 1 is 1.00 bits per heavy atom. The number of piperazine rings is 1. The van der Waals surface area contributed by atoms with E-state index < -0.39 is 23.8 Å². The molecule has 3 amide bonds. The molecule has 0 bridgehead atoms. The number of halogens is 5. The van der Waals surface area contributed by atoms with Crippen LogP contribution < -0.4 is 10.6 Å². The molecule has 2 aromatic carbocycles. The highest BCUT2D eigenvalue weighted by atomic mass is 35.5. The Balaban J connectivity index is 1.54. The maximum atomic E-state index is 13.9. The van der Waals surface area contributed by atoms with Crippen LogP contribution in [0.15, 0.2) is 36.4 Å². The van der Waals surface area contributed by atoms with Gasteiger partial charge in [-0.15, -0.1) is 0 Å². The van der Waals surface area contributed by atoms with Crippen LogP contribution in [0.2, 0.25) is 10.0 Å². The van der Waals surface area contributed by atoms with Gasteiger partial charge in [0, 0.05) is 74.5 Å². The van der Waals surface area contributed by atoms with E-state index in [0.29, 0.717) is 72.5 Å². The summed E-state index contributed by atoms with van der Waals surface area (Å²) >= 11 is 12.5. The van der Waals surface area contributed by atoms with Gasteiger partial charge in [0.1, 0.15) is 6.04 Å². The van der Waals surface area contributed by atoms with Gasteiger partial charge >= 0.3 is 12.2 Å². The molecular weight excluding hydrogens is 578 g/mol. The molecule has 2 atom stereocenters. The van der Waals surface area contributed by atoms with Crippen molar-refractivity contribution in [1.82, 2.24) is 14.7 Å². The first-order valence-corrected chi connectivity index (χ1v) is 14.5. The molecule has 12 heteroatoms. The number of alkyl halides is 3. The van der Waals surface area contributed by atoms with Gasteiger partial charge < -0.3 is 25.3 Å². The Kier molecular flexibility index (Phi) is 9.66. The van der Waals surface area contributed by atoms with E-state index >= 15 is 0 Å². The molecule has 0 aliphatic carbocycles. The Morgan fingerprint density at radius 3 is 2.24 bits per heavy atom. The van der Waals surface area contributed by atoms with Crippen molar-refractivity contribution < 1.29 is 22.8 Å². The summed E-state index contributed by atoms with van der Waals surface area (Å²) in [6.07, 6.45) is -3.69. The maximum absolute atomic E-state index is 13.9. The Bertz CT molecular complexity index is 1270. The largest absolute Gasteiger partial charge is 0.416 e. The van der Waals surface area contributed by atoms with Crippen molar-refractivity contribution in [3.8, 4) is 0 Å². The van der Waals surface area contributed by atoms with Crippen LogP contribution in [0.5, 0.6) is 0 Å². The molecule has 2 N–H and O–H groups in total. The van der Waals surface area contributed by atoms with Gasteiger partial charge in [-0.3, -0.25) is 4.79 Å². The number of nitrogens with two attached hydrogens (primary N) is 1. The molecule has 0 spiro atoms. The fourth-order valence-electron chi connectivity index (χ4n) is 5.51. The lowest BCUT2D eigenvalue weighted by Gasteiger charge is -2.40. The van der Waals surface area contributed by atoms with Crippen LogP contribution in [-0.4, -0.2) is 79.0 Å². The van der Waals surface area contributed by atoms with Crippen LogP contribution in [0.25, 0.3) is 0 Å². The molecule has 2 unspecified atom stereocenters. The predicted molar refractivity (Wildman–Crippen MR) is 155 cm³/mol. The first-order valence-electron chi connectivity index (χ1n) is 13.7. The Hall–Kier alpha value is -2.69. The number of rotatable bonds is 8. The molecular formula is C29H36Cl2F3N5O2. The summed E-state index contributed by atoms with van der Waals surface area (Å²) in [5.74, 6) is 0.0174. The van der Waals surface area contributed by atoms with Crippen LogP contribution in [-0.2, 0) is 17.4 Å². The predicted octanol–water partition coefficient (Wildman–Crippen LogP) is 5.69. The molecule has 7 nitrogen and oxygen atoms in total. The van der Waals surface area contributed by atoms with Crippen molar-refractivity contribution in [3.05, 3.63) is 63.1 Å². The minimum atomic E-state index is -4.47. The minimum absolute atomic E-state index is 0.191. The summed E-state index contributed by atoms with van der Waals surface area (Å²) in [7, 11) is 1.70. The third-order valence-corrected chi connectivity index (χ3v) is 8.34. The lowest BCUT2D eigenvalue weighted by molar-refractivity contribution is -0.138. The van der Waals surface area contributed by atoms with Gasteiger partial charge in [-0.25, -0.2) is 4.79 Å². The molecule has 0 saturated carbocycles.